The van der Waals surface area contributed by atoms with Gasteiger partial charge in [-0.15, -0.1) is 11.6 Å². The first-order chi connectivity index (χ1) is 8.95. The molecule has 10 heteroatoms. The summed E-state index contributed by atoms with van der Waals surface area (Å²) in [7, 11) is 0. The van der Waals surface area contributed by atoms with Crippen LogP contribution in [0.5, 0.6) is 0 Å². The lowest BCUT2D eigenvalue weighted by molar-refractivity contribution is -0.109. The highest BCUT2D eigenvalue weighted by molar-refractivity contribution is 14.2. The van der Waals surface area contributed by atoms with Crippen LogP contribution in [0, 0.1) is 0 Å². The van der Waals surface area contributed by atoms with E-state index >= 15 is 0 Å². The van der Waals surface area contributed by atoms with Crippen LogP contribution in [0.1, 0.15) is 0 Å². The summed E-state index contributed by atoms with van der Waals surface area (Å²) < 4.78 is 22.0. The average molecular weight is 408 g/mol. The lowest BCUT2D eigenvalue weighted by atomic mass is 9.99. The largest absolute Gasteiger partial charge is 0.393 e. The van der Waals surface area contributed by atoms with Crippen LogP contribution in [0.15, 0.2) is 4.99 Å². The van der Waals surface area contributed by atoms with Crippen LogP contribution >= 0.6 is 32.6 Å². The minimum absolute atomic E-state index is 0.0915. The molecule has 2 aliphatic rings. The molecule has 2 amide bonds. The number of nitrogens with two attached hydrogens (primary N) is 1. The topological polar surface area (TPSA) is 108 Å². The van der Waals surface area contributed by atoms with E-state index in [0.29, 0.717) is 0 Å². The van der Waals surface area contributed by atoms with Gasteiger partial charge in [0.25, 0.3) is 0 Å². The molecule has 2 rings (SSSR count). The smallest absolute Gasteiger partial charge is 0.356 e. The van der Waals surface area contributed by atoms with Crippen LogP contribution in [-0.4, -0.2) is 65.8 Å². The summed E-state index contributed by atoms with van der Waals surface area (Å²) in [6, 6.07) is -0.712. The summed E-state index contributed by atoms with van der Waals surface area (Å²) in [6.45, 7) is -0.649. The highest BCUT2D eigenvalue weighted by Gasteiger charge is 2.57. The first kappa shape index (κ1) is 15.0. The second kappa shape index (κ2) is 5.56. The van der Waals surface area contributed by atoms with Crippen molar-refractivity contribution in [3.05, 3.63) is 0 Å². The maximum Gasteiger partial charge on any atom is 0.356 e. The van der Waals surface area contributed by atoms with Gasteiger partial charge in [0.1, 0.15) is 17.5 Å². The number of halogens is 3. The SMILES string of the molecule is NC1=NC(=O)N([C@@H]2O[C@@](CO)(CCl)[C@@H](O)[C@H]2F)I=C1. The van der Waals surface area contributed by atoms with Gasteiger partial charge in [0.2, 0.25) is 0 Å². The number of alkyl halides is 2. The van der Waals surface area contributed by atoms with E-state index in [9.17, 15) is 19.4 Å². The Morgan fingerprint density at radius 2 is 2.42 bits per heavy atom. The van der Waals surface area contributed by atoms with E-state index in [0.717, 1.165) is 3.11 Å². The Labute approximate surface area is 123 Å². The van der Waals surface area contributed by atoms with Crippen molar-refractivity contribution in [1.29, 1.82) is 0 Å². The number of carbonyl (C=O) groups is 1. The van der Waals surface area contributed by atoms with E-state index < -0.39 is 57.7 Å². The molecule has 108 valence electrons. The van der Waals surface area contributed by atoms with Crippen molar-refractivity contribution < 1.29 is 24.1 Å². The molecule has 0 bridgehead atoms. The monoisotopic (exact) mass is 407 g/mol. The third-order valence-corrected chi connectivity index (χ3v) is 5.79. The summed E-state index contributed by atoms with van der Waals surface area (Å²) in [6.07, 6.45) is -4.79. The van der Waals surface area contributed by atoms with E-state index in [1.165, 1.54) is 4.01 Å². The molecule has 0 saturated carbocycles. The number of aliphatic hydroxyl groups excluding tert-OH is 2. The number of aliphatic hydroxyl groups is 2. The third-order valence-electron chi connectivity index (χ3n) is 2.86. The van der Waals surface area contributed by atoms with Crippen LogP contribution in [-0.2, 0) is 4.74 Å². The molecule has 1 saturated heterocycles. The van der Waals surface area contributed by atoms with Crippen molar-refractivity contribution in [2.75, 3.05) is 12.5 Å². The van der Waals surface area contributed by atoms with Crippen molar-refractivity contribution in [2.45, 2.75) is 24.1 Å². The van der Waals surface area contributed by atoms with E-state index in [2.05, 4.69) is 4.99 Å². The number of aliphatic imine (C=N–C) groups is 1. The van der Waals surface area contributed by atoms with Crippen LogP contribution in [0.25, 0.3) is 0 Å². The molecule has 0 aliphatic carbocycles. The predicted octanol–water partition coefficient (Wildman–Crippen LogP) is -0.508. The molecule has 19 heavy (non-hydrogen) atoms. The number of hydrogen-bond acceptors (Lipinski definition) is 5. The van der Waals surface area contributed by atoms with Gasteiger partial charge in [0, 0.05) is 25.0 Å². The lowest BCUT2D eigenvalue weighted by Gasteiger charge is -2.28. The van der Waals surface area contributed by atoms with Crippen molar-refractivity contribution in [2.24, 2.45) is 10.7 Å². The Balaban J connectivity index is 2.24. The fourth-order valence-electron chi connectivity index (χ4n) is 1.77. The molecular formula is C9H12ClFIN3O4. The molecule has 2 heterocycles. The van der Waals surface area contributed by atoms with Gasteiger partial charge in [-0.25, -0.2) is 12.3 Å². The summed E-state index contributed by atoms with van der Waals surface area (Å²) in [4.78, 5) is 15.2. The van der Waals surface area contributed by atoms with E-state index in [1.807, 2.05) is 0 Å². The maximum absolute atomic E-state index is 14.1. The highest BCUT2D eigenvalue weighted by Crippen LogP contribution is 2.38. The Hall–Kier alpha value is -0.360. The van der Waals surface area contributed by atoms with E-state index in [1.54, 1.807) is 0 Å². The highest BCUT2D eigenvalue weighted by atomic mass is 127. The molecule has 4 N–H and O–H groups in total. The first-order valence-electron chi connectivity index (χ1n) is 5.26. The number of urea groups is 1. The molecule has 2 aliphatic heterocycles. The number of ether oxygens (including phenoxy) is 1. The predicted molar refractivity (Wildman–Crippen MR) is 75.3 cm³/mol. The molecular weight excluding hydrogens is 395 g/mol. The quantitative estimate of drug-likeness (QED) is 0.332. The average Bonchev–Trinajstić information content (AvgIpc) is 2.64. The van der Waals surface area contributed by atoms with Gasteiger partial charge >= 0.3 is 6.03 Å². The van der Waals surface area contributed by atoms with Crippen LogP contribution < -0.4 is 5.73 Å². The number of amidine groups is 1. The van der Waals surface area contributed by atoms with Crippen molar-refractivity contribution in [1.82, 2.24) is 3.11 Å². The summed E-state index contributed by atoms with van der Waals surface area (Å²) in [5.74, 6) is -0.203. The second-order valence-electron chi connectivity index (χ2n) is 4.09. The van der Waals surface area contributed by atoms with E-state index in [4.69, 9.17) is 22.1 Å². The summed E-state index contributed by atoms with van der Waals surface area (Å²) in [5.41, 5.74) is 3.77. The molecule has 0 aromatic rings. The summed E-state index contributed by atoms with van der Waals surface area (Å²) >= 11 is 4.59. The molecule has 4 atom stereocenters. The standard InChI is InChI=1S/C9H12ClFIN3O4/c10-2-9(3-16)6(17)5(11)7(19-9)15-8(18)14-4(13)1-12-15/h1,5-7,16-17H,2-3H2,(H2,13,14,18)/t5-,6+,7-,9-/m1/s1. The lowest BCUT2D eigenvalue weighted by Crippen LogP contribution is -2.47. The fraction of sp³-hybridized carbons (Fsp3) is 0.667. The van der Waals surface area contributed by atoms with Crippen molar-refractivity contribution >= 4 is 48.5 Å². The molecule has 0 spiro atoms. The van der Waals surface area contributed by atoms with Crippen LogP contribution in [0.2, 0.25) is 0 Å². The maximum atomic E-state index is 14.1. The second-order valence-corrected chi connectivity index (χ2v) is 6.58. The van der Waals surface area contributed by atoms with Gasteiger partial charge in [-0.05, 0) is 0 Å². The van der Waals surface area contributed by atoms with Crippen LogP contribution in [0.3, 0.4) is 0 Å². The minimum Gasteiger partial charge on any atom is -0.393 e. The third kappa shape index (κ3) is 2.49. The molecule has 0 aromatic heterocycles. The molecule has 1 fully saturated rings. The normalized spacial score (nSPS) is 39.2. The number of amides is 2. The van der Waals surface area contributed by atoms with Gasteiger partial charge < -0.3 is 20.7 Å². The Kier molecular flexibility index (Phi) is 4.40. The zero-order valence-electron chi connectivity index (χ0n) is 9.54. The van der Waals surface area contributed by atoms with Gasteiger partial charge in [-0.2, -0.15) is 4.99 Å². The molecule has 7 nitrogen and oxygen atoms in total. The van der Waals surface area contributed by atoms with Gasteiger partial charge in [-0.1, -0.05) is 0 Å². The first-order valence-corrected chi connectivity index (χ1v) is 8.00. The van der Waals surface area contributed by atoms with Gasteiger partial charge in [-0.3, -0.25) is 0 Å². The van der Waals surface area contributed by atoms with Gasteiger partial charge in [0.15, 0.2) is 12.4 Å². The number of nitrogens with zero attached hydrogens (tertiary/aromatic N) is 2. The zero-order valence-corrected chi connectivity index (χ0v) is 12.5. The summed E-state index contributed by atoms with van der Waals surface area (Å²) in [5, 5.41) is 19.0. The molecule has 0 radical (unpaired) electrons. The zero-order chi connectivity index (χ0) is 14.2. The number of hydrogen-bond donors (Lipinski definition) is 3. The number of rotatable bonds is 3. The Morgan fingerprint density at radius 1 is 1.74 bits per heavy atom. The van der Waals surface area contributed by atoms with Crippen LogP contribution in [0.4, 0.5) is 9.18 Å². The Bertz CT molecular complexity index is 445. The molecule has 0 unspecified atom stereocenters. The number of carbonyl (C=O) groups excluding carboxylic acids is 1. The van der Waals surface area contributed by atoms with E-state index in [-0.39, 0.29) is 11.7 Å². The Morgan fingerprint density at radius 3 is 2.89 bits per heavy atom. The molecule has 0 aromatic carbocycles. The van der Waals surface area contributed by atoms with Gasteiger partial charge in [0.05, 0.1) is 12.5 Å². The van der Waals surface area contributed by atoms with Crippen molar-refractivity contribution in [3.8, 4) is 0 Å². The minimum atomic E-state index is -1.86. The van der Waals surface area contributed by atoms with Crippen molar-refractivity contribution in [3.63, 3.8) is 0 Å². The fourth-order valence-corrected chi connectivity index (χ4v) is 3.88.